The maximum Gasteiger partial charge on any atom is 0.160 e. The van der Waals surface area contributed by atoms with Gasteiger partial charge in [-0.15, -0.1) is 0 Å². The van der Waals surface area contributed by atoms with Gasteiger partial charge in [0, 0.05) is 6.54 Å². The molecule has 3 nitrogen and oxygen atoms in total. The Morgan fingerprint density at radius 3 is 2.37 bits per heavy atom. The molecule has 0 saturated heterocycles. The SMILES string of the molecule is COc1cc(CNCC2C(C)(C)C2(C)C)ccc1O. The van der Waals surface area contributed by atoms with Crippen LogP contribution in [0, 0.1) is 16.7 Å². The molecule has 0 amide bonds. The van der Waals surface area contributed by atoms with Gasteiger partial charge in [0.25, 0.3) is 0 Å². The fraction of sp³-hybridized carbons (Fsp3) is 0.625. The summed E-state index contributed by atoms with van der Waals surface area (Å²) in [5.74, 6) is 1.45. The van der Waals surface area contributed by atoms with Crippen molar-refractivity contribution in [1.82, 2.24) is 5.32 Å². The standard InChI is InChI=1S/C16H25NO2/c1-15(2)14(16(15,3)4)10-17-9-11-6-7-12(18)13(8-11)19-5/h6-8,14,17-18H,9-10H2,1-5H3. The van der Waals surface area contributed by atoms with E-state index in [4.69, 9.17) is 4.74 Å². The van der Waals surface area contributed by atoms with Crippen molar-refractivity contribution in [3.8, 4) is 11.5 Å². The summed E-state index contributed by atoms with van der Waals surface area (Å²) in [6.45, 7) is 11.2. The Bertz CT molecular complexity index is 452. The highest BCUT2D eigenvalue weighted by atomic mass is 16.5. The lowest BCUT2D eigenvalue weighted by molar-refractivity contribution is 0.372. The van der Waals surface area contributed by atoms with E-state index >= 15 is 0 Å². The van der Waals surface area contributed by atoms with Crippen molar-refractivity contribution >= 4 is 0 Å². The number of aromatic hydroxyl groups is 1. The van der Waals surface area contributed by atoms with E-state index in [2.05, 4.69) is 33.0 Å². The number of rotatable bonds is 5. The molecular formula is C16H25NO2. The van der Waals surface area contributed by atoms with Crippen molar-refractivity contribution < 1.29 is 9.84 Å². The van der Waals surface area contributed by atoms with Gasteiger partial charge in [-0.25, -0.2) is 0 Å². The van der Waals surface area contributed by atoms with Crippen LogP contribution in [0.25, 0.3) is 0 Å². The highest BCUT2D eigenvalue weighted by molar-refractivity contribution is 5.41. The third-order valence-electron chi connectivity index (χ3n) is 5.24. The molecule has 1 aromatic carbocycles. The van der Waals surface area contributed by atoms with Crippen LogP contribution < -0.4 is 10.1 Å². The molecule has 106 valence electrons. The summed E-state index contributed by atoms with van der Waals surface area (Å²) in [7, 11) is 1.57. The van der Waals surface area contributed by atoms with Gasteiger partial charge in [-0.1, -0.05) is 33.8 Å². The highest BCUT2D eigenvalue weighted by Crippen LogP contribution is 2.67. The Morgan fingerprint density at radius 2 is 1.84 bits per heavy atom. The molecule has 1 aromatic rings. The van der Waals surface area contributed by atoms with E-state index in [0.717, 1.165) is 24.6 Å². The van der Waals surface area contributed by atoms with Crippen molar-refractivity contribution in [2.75, 3.05) is 13.7 Å². The Morgan fingerprint density at radius 1 is 1.21 bits per heavy atom. The monoisotopic (exact) mass is 263 g/mol. The molecule has 0 heterocycles. The van der Waals surface area contributed by atoms with Gasteiger partial charge in [0.05, 0.1) is 7.11 Å². The van der Waals surface area contributed by atoms with Gasteiger partial charge in [-0.2, -0.15) is 0 Å². The van der Waals surface area contributed by atoms with Gasteiger partial charge in [-0.3, -0.25) is 0 Å². The highest BCUT2D eigenvalue weighted by Gasteiger charge is 2.63. The number of phenolic OH excluding ortho intramolecular Hbond substituents is 1. The Labute approximate surface area is 116 Å². The zero-order chi connectivity index (χ0) is 14.3. The molecule has 1 aliphatic rings. The number of benzene rings is 1. The Hall–Kier alpha value is -1.22. The van der Waals surface area contributed by atoms with Crippen LogP contribution in [0.5, 0.6) is 11.5 Å². The number of ether oxygens (including phenoxy) is 1. The first-order chi connectivity index (χ1) is 8.80. The fourth-order valence-electron chi connectivity index (χ4n) is 3.04. The average molecular weight is 263 g/mol. The summed E-state index contributed by atoms with van der Waals surface area (Å²) in [5, 5.41) is 13.1. The molecule has 1 fully saturated rings. The minimum Gasteiger partial charge on any atom is -0.504 e. The van der Waals surface area contributed by atoms with E-state index in [1.165, 1.54) is 0 Å². The summed E-state index contributed by atoms with van der Waals surface area (Å²) < 4.78 is 5.11. The van der Waals surface area contributed by atoms with E-state index in [0.29, 0.717) is 16.6 Å². The van der Waals surface area contributed by atoms with Gasteiger partial charge in [0.1, 0.15) is 0 Å². The molecule has 2 N–H and O–H groups in total. The third-order valence-corrected chi connectivity index (χ3v) is 5.24. The molecule has 1 saturated carbocycles. The Balaban J connectivity index is 1.87. The maximum atomic E-state index is 9.55. The minimum absolute atomic E-state index is 0.190. The predicted molar refractivity (Wildman–Crippen MR) is 77.4 cm³/mol. The van der Waals surface area contributed by atoms with E-state index < -0.39 is 0 Å². The number of phenols is 1. The van der Waals surface area contributed by atoms with Gasteiger partial charge in [-0.05, 0) is 41.0 Å². The van der Waals surface area contributed by atoms with E-state index in [1.807, 2.05) is 12.1 Å². The summed E-state index contributed by atoms with van der Waals surface area (Å²) in [4.78, 5) is 0. The quantitative estimate of drug-likeness (QED) is 0.857. The molecule has 0 atom stereocenters. The van der Waals surface area contributed by atoms with Gasteiger partial charge < -0.3 is 15.2 Å². The van der Waals surface area contributed by atoms with Gasteiger partial charge in [0.15, 0.2) is 11.5 Å². The summed E-state index contributed by atoms with van der Waals surface area (Å²) >= 11 is 0. The summed E-state index contributed by atoms with van der Waals surface area (Å²) in [6.07, 6.45) is 0. The van der Waals surface area contributed by atoms with Crippen molar-refractivity contribution in [3.63, 3.8) is 0 Å². The van der Waals surface area contributed by atoms with E-state index in [-0.39, 0.29) is 5.75 Å². The van der Waals surface area contributed by atoms with Crippen LogP contribution in [0.1, 0.15) is 33.3 Å². The van der Waals surface area contributed by atoms with Crippen LogP contribution in [-0.4, -0.2) is 18.8 Å². The van der Waals surface area contributed by atoms with Crippen molar-refractivity contribution in [1.29, 1.82) is 0 Å². The lowest BCUT2D eigenvalue weighted by Crippen LogP contribution is -2.18. The van der Waals surface area contributed by atoms with Crippen LogP contribution in [0.15, 0.2) is 18.2 Å². The predicted octanol–water partition coefficient (Wildman–Crippen LogP) is 3.17. The lowest BCUT2D eigenvalue weighted by Gasteiger charge is -2.09. The second-order valence-electron chi connectivity index (χ2n) is 6.63. The zero-order valence-electron chi connectivity index (χ0n) is 12.6. The van der Waals surface area contributed by atoms with E-state index in [9.17, 15) is 5.11 Å². The second kappa shape index (κ2) is 4.71. The largest absolute Gasteiger partial charge is 0.504 e. The Kier molecular flexibility index (Phi) is 3.52. The molecule has 0 spiro atoms. The molecule has 3 heteroatoms. The van der Waals surface area contributed by atoms with Crippen LogP contribution in [-0.2, 0) is 6.54 Å². The fourth-order valence-corrected chi connectivity index (χ4v) is 3.04. The molecule has 19 heavy (non-hydrogen) atoms. The molecule has 0 aliphatic heterocycles. The lowest BCUT2D eigenvalue weighted by atomic mass is 10.0. The second-order valence-corrected chi connectivity index (χ2v) is 6.63. The third kappa shape index (κ3) is 2.44. The first kappa shape index (κ1) is 14.2. The topological polar surface area (TPSA) is 41.5 Å². The van der Waals surface area contributed by atoms with Gasteiger partial charge in [0.2, 0.25) is 0 Å². The first-order valence-electron chi connectivity index (χ1n) is 6.87. The van der Waals surface area contributed by atoms with Crippen molar-refractivity contribution in [2.24, 2.45) is 16.7 Å². The van der Waals surface area contributed by atoms with Crippen LogP contribution in [0.3, 0.4) is 0 Å². The smallest absolute Gasteiger partial charge is 0.160 e. The number of nitrogens with one attached hydrogen (secondary N) is 1. The van der Waals surface area contributed by atoms with Gasteiger partial charge >= 0.3 is 0 Å². The van der Waals surface area contributed by atoms with Crippen LogP contribution in [0.2, 0.25) is 0 Å². The van der Waals surface area contributed by atoms with Crippen molar-refractivity contribution in [3.05, 3.63) is 23.8 Å². The minimum atomic E-state index is 0.190. The number of hydrogen-bond donors (Lipinski definition) is 2. The number of methoxy groups -OCH3 is 1. The molecule has 0 aromatic heterocycles. The van der Waals surface area contributed by atoms with Crippen molar-refractivity contribution in [2.45, 2.75) is 34.2 Å². The van der Waals surface area contributed by atoms with Crippen LogP contribution >= 0.6 is 0 Å². The molecule has 2 rings (SSSR count). The normalized spacial score (nSPS) is 20.3. The summed E-state index contributed by atoms with van der Waals surface area (Å²) in [6, 6.07) is 5.49. The molecule has 0 unspecified atom stereocenters. The van der Waals surface area contributed by atoms with Crippen LogP contribution in [0.4, 0.5) is 0 Å². The first-order valence-corrected chi connectivity index (χ1v) is 6.87. The molecular weight excluding hydrogens is 238 g/mol. The summed E-state index contributed by atoms with van der Waals surface area (Å²) in [5.41, 5.74) is 1.98. The average Bonchev–Trinajstić information content (AvgIpc) is 2.73. The molecule has 0 bridgehead atoms. The zero-order valence-corrected chi connectivity index (χ0v) is 12.6. The van der Waals surface area contributed by atoms with E-state index in [1.54, 1.807) is 13.2 Å². The number of hydrogen-bond acceptors (Lipinski definition) is 3. The molecule has 0 radical (unpaired) electrons. The maximum absolute atomic E-state index is 9.55. The molecule has 1 aliphatic carbocycles.